The van der Waals surface area contributed by atoms with Crippen LogP contribution in [0.5, 0.6) is 0 Å². The number of aromatic nitrogens is 23. The predicted octanol–water partition coefficient (Wildman–Crippen LogP) is 6.64. The van der Waals surface area contributed by atoms with Crippen LogP contribution in [-0.4, -0.2) is 113 Å². The van der Waals surface area contributed by atoms with E-state index in [2.05, 4.69) is 127 Å². The average Bonchev–Trinajstić information content (AvgIpc) is 4.49. The molecule has 12 aromatic heterocycles. The van der Waals surface area contributed by atoms with Gasteiger partial charge in [-0.3, -0.25) is 24.0 Å². The zero-order valence-electron chi connectivity index (χ0n) is 49.8. The number of fused-ring (bicyclic) bond motifs is 6. The molecule has 0 radical (unpaired) electrons. The van der Waals surface area contributed by atoms with E-state index in [0.29, 0.717) is 97.0 Å². The number of aryl methyl sites for hydroxylation is 5. The number of imidazole rings is 3. The molecule has 29 nitrogen and oxygen atoms in total. The molecule has 0 aromatic carbocycles. The molecule has 12 heterocycles. The van der Waals surface area contributed by atoms with Crippen molar-refractivity contribution in [2.24, 2.45) is 0 Å². The molecule has 0 bridgehead atoms. The summed E-state index contributed by atoms with van der Waals surface area (Å²) in [5.74, 6) is 2.94. The highest BCUT2D eigenvalue weighted by atomic mass is 16.1. The monoisotopic (exact) mass is 1140 g/mol. The molecule has 0 atom stereocenters. The maximum absolute atomic E-state index is 11.7. The molecule has 7 N–H and O–H groups in total. The Morgan fingerprint density at radius 2 is 0.892 bits per heavy atom. The van der Waals surface area contributed by atoms with Crippen LogP contribution in [0.25, 0.3) is 66.7 Å². The minimum absolute atomic E-state index is 0.0469. The molecule has 0 aliphatic heterocycles. The first kappa shape index (κ1) is 60.8. The summed E-state index contributed by atoms with van der Waals surface area (Å²) in [5.41, 5.74) is 11.9. The van der Waals surface area contributed by atoms with Crippen LogP contribution in [0.3, 0.4) is 0 Å². The second kappa shape index (κ2) is 25.3. The van der Waals surface area contributed by atoms with Crippen LogP contribution in [-0.2, 0) is 0 Å². The summed E-state index contributed by atoms with van der Waals surface area (Å²) in [4.78, 5) is 112. The van der Waals surface area contributed by atoms with E-state index in [1.54, 1.807) is 57.4 Å². The lowest BCUT2D eigenvalue weighted by Crippen LogP contribution is -2.11. The number of nitrogens with one attached hydrogen (secondary N) is 5. The third kappa shape index (κ3) is 13.3. The fraction of sp³-hybridized carbons (Fsp3) is 0.426. The predicted molar refractivity (Wildman–Crippen MR) is 319 cm³/mol. The zero-order valence-corrected chi connectivity index (χ0v) is 49.8. The molecule has 12 rings (SSSR count). The van der Waals surface area contributed by atoms with Crippen molar-refractivity contribution in [1.29, 1.82) is 0 Å². The van der Waals surface area contributed by atoms with E-state index >= 15 is 0 Å². The normalized spacial score (nSPS) is 11.4. The summed E-state index contributed by atoms with van der Waals surface area (Å²) in [6, 6.07) is 3.44. The molecular formula is C54H72N24O5. The first-order chi connectivity index (χ1) is 39.2. The Labute approximate surface area is 474 Å². The van der Waals surface area contributed by atoms with Crippen LogP contribution >= 0.6 is 0 Å². The van der Waals surface area contributed by atoms with Crippen molar-refractivity contribution in [2.75, 3.05) is 5.73 Å². The van der Waals surface area contributed by atoms with E-state index in [0.717, 1.165) is 22.5 Å². The van der Waals surface area contributed by atoms with Gasteiger partial charge in [0.05, 0.1) is 42.1 Å². The lowest BCUT2D eigenvalue weighted by Gasteiger charge is -2.07. The second-order valence-corrected chi connectivity index (χ2v) is 21.2. The van der Waals surface area contributed by atoms with Crippen LogP contribution in [0.1, 0.15) is 148 Å². The summed E-state index contributed by atoms with van der Waals surface area (Å²) >= 11 is 0. The molecule has 83 heavy (non-hydrogen) atoms. The quantitative estimate of drug-likeness (QED) is 0.102. The number of hydrogen-bond donors (Lipinski definition) is 6. The van der Waals surface area contributed by atoms with E-state index in [1.807, 2.05) is 83.7 Å². The van der Waals surface area contributed by atoms with Gasteiger partial charge in [-0.25, -0.2) is 54.5 Å². The van der Waals surface area contributed by atoms with Crippen molar-refractivity contribution < 1.29 is 0 Å². The van der Waals surface area contributed by atoms with Gasteiger partial charge in [-0.05, 0) is 129 Å². The van der Waals surface area contributed by atoms with Crippen LogP contribution in [0.4, 0.5) is 5.82 Å². The number of nitrogens with two attached hydrogens (primary N) is 1. The maximum Gasteiger partial charge on any atom is 0.281 e. The standard InChI is InChI=1S/C11H15N3O.C10H13N3O.C9H12N4O.C8H11N5O.C8H11N5.C8H10N4O/c1-6(2)14-5-7(3)9-10(14)12-8(4)13-11(9)15;1-6(2)13-5-4-8-9(13)11-7(3)12-10(8)14;1-5(2)13-4-10-7-8(13)11-6(3)12-9(7)14;1-4(2)13-7-6(11-12-13)8(14)10-5(3)9-7;1-5(2)13-4-12-6-7(9)10-3-11-8(6)13;1-5(2)12-4-11-6-7(12)9-3-10-8(6)13/h5-6H,1-4H3,(H,12,13,15);4-6H,1-3H3,(H,11,12,14);4-5H,1-3H3,(H,11,12,14);4H,1-3H3,(H,9,10,14);3-5H,1-2H3,(H2,9,10,11);3-5H,1-2H3,(H,9,10,13). The Morgan fingerprint density at radius 3 is 1.45 bits per heavy atom. The van der Waals surface area contributed by atoms with E-state index < -0.39 is 0 Å². The molecule has 12 aromatic rings. The van der Waals surface area contributed by atoms with Gasteiger partial charge >= 0.3 is 0 Å². The van der Waals surface area contributed by atoms with Crippen molar-refractivity contribution >= 4 is 72.5 Å². The lowest BCUT2D eigenvalue weighted by atomic mass is 10.3. The Hall–Kier alpha value is -9.83. The van der Waals surface area contributed by atoms with E-state index in [4.69, 9.17) is 5.73 Å². The smallest absolute Gasteiger partial charge is 0.281 e. The number of rotatable bonds is 6. The van der Waals surface area contributed by atoms with Crippen LogP contribution in [0.2, 0.25) is 0 Å². The Kier molecular flexibility index (Phi) is 18.5. The van der Waals surface area contributed by atoms with Gasteiger partial charge < -0.3 is 53.5 Å². The number of H-pyrrole nitrogens is 5. The van der Waals surface area contributed by atoms with Crippen molar-refractivity contribution in [3.8, 4) is 0 Å². The number of anilines is 1. The van der Waals surface area contributed by atoms with E-state index in [9.17, 15) is 24.0 Å². The van der Waals surface area contributed by atoms with Crippen LogP contribution < -0.4 is 33.5 Å². The number of aromatic amines is 5. The van der Waals surface area contributed by atoms with Crippen LogP contribution in [0, 0.1) is 34.6 Å². The van der Waals surface area contributed by atoms with Gasteiger partial charge in [-0.2, -0.15) is 0 Å². The molecule has 0 saturated carbocycles. The summed E-state index contributed by atoms with van der Waals surface area (Å²) in [6.45, 7) is 33.5. The Morgan fingerprint density at radius 1 is 0.434 bits per heavy atom. The SMILES string of the molecule is CC(C)n1cnc2c(=O)[nH]cnc21.CC(C)n1cnc2c(N)ncnc21.Cc1nc2c(c(C)cn2C(C)C)c(=O)[nH]1.Cc1nc2c(ccn2C(C)C)c(=O)[nH]1.Cc1nc2c(ncn2C(C)C)c(=O)[nH]1.Cc1nc2c(nnn2C(C)C)c(=O)[nH]1. The highest BCUT2D eigenvalue weighted by molar-refractivity contribution is 5.81. The number of nitrogen functional groups attached to an aromatic ring is 1. The molecule has 0 spiro atoms. The lowest BCUT2D eigenvalue weighted by molar-refractivity contribution is 0.526. The molecule has 0 fully saturated rings. The second-order valence-electron chi connectivity index (χ2n) is 21.2. The summed E-state index contributed by atoms with van der Waals surface area (Å²) in [7, 11) is 0. The number of nitrogens with zero attached hydrogens (tertiary/aromatic N) is 18. The van der Waals surface area contributed by atoms with Gasteiger partial charge in [0.15, 0.2) is 45.0 Å². The number of hydrogen-bond acceptors (Lipinski definition) is 18. The molecule has 29 heteroatoms. The first-order valence-electron chi connectivity index (χ1n) is 26.9. The van der Waals surface area contributed by atoms with Gasteiger partial charge in [-0.1, -0.05) is 5.21 Å². The van der Waals surface area contributed by atoms with Gasteiger partial charge in [0.2, 0.25) is 0 Å². The molecule has 0 amide bonds. The van der Waals surface area contributed by atoms with Crippen molar-refractivity contribution in [3.63, 3.8) is 0 Å². The third-order valence-corrected chi connectivity index (χ3v) is 12.7. The maximum atomic E-state index is 11.7. The van der Waals surface area contributed by atoms with E-state index in [-0.39, 0.29) is 45.9 Å². The Balaban J connectivity index is 0.000000143. The van der Waals surface area contributed by atoms with Crippen molar-refractivity contribution in [1.82, 2.24) is 113 Å². The summed E-state index contributed by atoms with van der Waals surface area (Å²) in [5, 5.41) is 9.03. The molecule has 0 unspecified atom stereocenters. The Bertz CT molecular complexity index is 4300. The van der Waals surface area contributed by atoms with Gasteiger partial charge in [-0.15, -0.1) is 5.10 Å². The highest BCUT2D eigenvalue weighted by Crippen LogP contribution is 2.21. The fourth-order valence-corrected chi connectivity index (χ4v) is 8.61. The first-order valence-corrected chi connectivity index (χ1v) is 26.9. The van der Waals surface area contributed by atoms with Crippen molar-refractivity contribution in [3.05, 3.63) is 131 Å². The molecule has 0 aliphatic rings. The average molecular weight is 1140 g/mol. The third-order valence-electron chi connectivity index (χ3n) is 12.7. The van der Waals surface area contributed by atoms with Gasteiger partial charge in [0.1, 0.15) is 46.4 Å². The summed E-state index contributed by atoms with van der Waals surface area (Å²) < 4.78 is 11.4. The molecule has 0 saturated heterocycles. The molecule has 0 aliphatic carbocycles. The molecular weight excluding hydrogens is 1060 g/mol. The highest BCUT2D eigenvalue weighted by Gasteiger charge is 2.16. The van der Waals surface area contributed by atoms with Gasteiger partial charge in [0.25, 0.3) is 27.8 Å². The zero-order chi connectivity index (χ0) is 60.9. The largest absolute Gasteiger partial charge is 0.382 e. The van der Waals surface area contributed by atoms with E-state index in [1.165, 1.54) is 12.7 Å². The molecule has 438 valence electrons. The summed E-state index contributed by atoms with van der Waals surface area (Å²) in [6.07, 6.45) is 11.8. The minimum Gasteiger partial charge on any atom is -0.382 e. The minimum atomic E-state index is -0.237. The van der Waals surface area contributed by atoms with Crippen LogP contribution in [0.15, 0.2) is 74.1 Å². The fourth-order valence-electron chi connectivity index (χ4n) is 8.61. The topological polar surface area (TPSA) is 375 Å². The van der Waals surface area contributed by atoms with Gasteiger partial charge in [0, 0.05) is 42.6 Å². The van der Waals surface area contributed by atoms with Crippen molar-refractivity contribution in [2.45, 2.75) is 154 Å².